The van der Waals surface area contributed by atoms with Crippen LogP contribution in [0.2, 0.25) is 0 Å². The molecule has 0 saturated carbocycles. The number of aryl methyl sites for hydroxylation is 1. The van der Waals surface area contributed by atoms with E-state index in [1.54, 1.807) is 30.3 Å². The number of carbonyl (C=O) groups is 2. The Labute approximate surface area is 170 Å². The van der Waals surface area contributed by atoms with Crippen molar-refractivity contribution in [2.45, 2.75) is 42.9 Å². The summed E-state index contributed by atoms with van der Waals surface area (Å²) >= 11 is 4.56. The van der Waals surface area contributed by atoms with Gasteiger partial charge in [-0.2, -0.15) is 5.26 Å². The van der Waals surface area contributed by atoms with Gasteiger partial charge >= 0.3 is 0 Å². The van der Waals surface area contributed by atoms with E-state index in [9.17, 15) is 14.9 Å². The van der Waals surface area contributed by atoms with E-state index < -0.39 is 5.25 Å². The predicted octanol–water partition coefficient (Wildman–Crippen LogP) is 4.48. The van der Waals surface area contributed by atoms with Crippen LogP contribution in [0.25, 0.3) is 0 Å². The summed E-state index contributed by atoms with van der Waals surface area (Å²) in [7, 11) is 0. The molecule has 1 saturated heterocycles. The number of unbranched alkanes of at least 4 members (excludes halogenated alkanes) is 1. The van der Waals surface area contributed by atoms with Gasteiger partial charge in [-0.05, 0) is 49.2 Å². The van der Waals surface area contributed by atoms with Gasteiger partial charge in [-0.15, -0.1) is 0 Å². The summed E-state index contributed by atoms with van der Waals surface area (Å²) < 4.78 is 0.878. The third-order valence-electron chi connectivity index (χ3n) is 4.27. The Balaban J connectivity index is 1.82. The molecule has 1 aliphatic rings. The molecule has 2 heterocycles. The molecule has 0 radical (unpaired) electrons. The molecule has 1 aromatic heterocycles. The molecule has 3 rings (SSSR count). The standard InChI is InChI=1S/C20H18BrN3O2S/c1-2-3-4-15-8-5-13(12-22)19(23-15)27-17-11-18(25)24(20(17)26)16-9-6-14(21)7-10-16/h5-10,17H,2-4,11H2,1H3/t17-/m1/s1. The van der Waals surface area contributed by atoms with Gasteiger partial charge in [-0.25, -0.2) is 9.88 Å². The lowest BCUT2D eigenvalue weighted by molar-refractivity contribution is -0.121. The third-order valence-corrected chi connectivity index (χ3v) is 5.98. The molecule has 1 atom stereocenters. The molecule has 1 aliphatic heterocycles. The van der Waals surface area contributed by atoms with Gasteiger partial charge in [-0.1, -0.05) is 41.0 Å². The number of nitriles is 1. The normalized spacial score (nSPS) is 16.6. The van der Waals surface area contributed by atoms with E-state index in [1.165, 1.54) is 16.7 Å². The Morgan fingerprint density at radius 3 is 2.67 bits per heavy atom. The number of imide groups is 1. The number of carbonyl (C=O) groups excluding carboxylic acids is 2. The Kier molecular flexibility index (Phi) is 6.30. The molecule has 7 heteroatoms. The van der Waals surface area contributed by atoms with Crippen LogP contribution >= 0.6 is 27.7 Å². The average Bonchev–Trinajstić information content (AvgIpc) is 2.94. The molecular weight excluding hydrogens is 426 g/mol. The van der Waals surface area contributed by atoms with Crippen molar-refractivity contribution in [1.29, 1.82) is 5.26 Å². The van der Waals surface area contributed by atoms with Crippen LogP contribution in [0.4, 0.5) is 5.69 Å². The smallest absolute Gasteiger partial charge is 0.247 e. The summed E-state index contributed by atoms with van der Waals surface area (Å²) in [5.41, 5.74) is 1.89. The topological polar surface area (TPSA) is 74.1 Å². The largest absolute Gasteiger partial charge is 0.274 e. The van der Waals surface area contributed by atoms with Crippen LogP contribution in [0, 0.1) is 11.3 Å². The fourth-order valence-corrected chi connectivity index (χ4v) is 4.22. The number of anilines is 1. The van der Waals surface area contributed by atoms with Crippen LogP contribution in [0.1, 0.15) is 37.4 Å². The highest BCUT2D eigenvalue weighted by Gasteiger charge is 2.40. The van der Waals surface area contributed by atoms with Gasteiger partial charge in [0.25, 0.3) is 0 Å². The Morgan fingerprint density at radius 2 is 2.00 bits per heavy atom. The molecule has 2 aromatic rings. The number of amides is 2. The first-order chi connectivity index (χ1) is 13.0. The van der Waals surface area contributed by atoms with Crippen molar-refractivity contribution in [1.82, 2.24) is 4.98 Å². The molecule has 0 N–H and O–H groups in total. The van der Waals surface area contributed by atoms with E-state index in [1.807, 2.05) is 6.07 Å². The van der Waals surface area contributed by atoms with Gasteiger partial charge in [0.15, 0.2) is 0 Å². The van der Waals surface area contributed by atoms with Crippen LogP contribution in [0.5, 0.6) is 0 Å². The van der Waals surface area contributed by atoms with Crippen LogP contribution < -0.4 is 4.90 Å². The van der Waals surface area contributed by atoms with Crippen molar-refractivity contribution >= 4 is 45.2 Å². The maximum Gasteiger partial charge on any atom is 0.247 e. The van der Waals surface area contributed by atoms with Crippen molar-refractivity contribution in [2.24, 2.45) is 0 Å². The van der Waals surface area contributed by atoms with Gasteiger partial charge in [0, 0.05) is 16.6 Å². The summed E-state index contributed by atoms with van der Waals surface area (Å²) in [5.74, 6) is -0.502. The lowest BCUT2D eigenvalue weighted by Crippen LogP contribution is -2.31. The van der Waals surface area contributed by atoms with Crippen LogP contribution in [-0.2, 0) is 16.0 Å². The van der Waals surface area contributed by atoms with Gasteiger partial charge in [0.1, 0.15) is 11.1 Å². The number of aromatic nitrogens is 1. The Hall–Kier alpha value is -2.17. The summed E-state index contributed by atoms with van der Waals surface area (Å²) in [4.78, 5) is 31.0. The van der Waals surface area contributed by atoms with E-state index >= 15 is 0 Å². The highest BCUT2D eigenvalue weighted by molar-refractivity contribution is 9.10. The second-order valence-electron chi connectivity index (χ2n) is 6.23. The first-order valence-electron chi connectivity index (χ1n) is 8.72. The molecule has 138 valence electrons. The molecule has 0 unspecified atom stereocenters. The molecule has 1 aromatic carbocycles. The van der Waals surface area contributed by atoms with Crippen LogP contribution in [-0.4, -0.2) is 22.0 Å². The molecule has 2 amide bonds. The van der Waals surface area contributed by atoms with Crippen molar-refractivity contribution in [3.63, 3.8) is 0 Å². The van der Waals surface area contributed by atoms with Crippen molar-refractivity contribution in [3.05, 3.63) is 52.1 Å². The zero-order valence-electron chi connectivity index (χ0n) is 14.8. The van der Waals surface area contributed by atoms with E-state index in [4.69, 9.17) is 0 Å². The number of hydrogen-bond acceptors (Lipinski definition) is 5. The monoisotopic (exact) mass is 443 g/mol. The molecule has 0 aliphatic carbocycles. The second kappa shape index (κ2) is 8.68. The molecule has 1 fully saturated rings. The van der Waals surface area contributed by atoms with Gasteiger partial charge < -0.3 is 0 Å². The summed E-state index contributed by atoms with van der Waals surface area (Å²) in [6.07, 6.45) is 3.01. The van der Waals surface area contributed by atoms with E-state index in [0.717, 1.165) is 29.4 Å². The van der Waals surface area contributed by atoms with Gasteiger partial charge in [-0.3, -0.25) is 9.59 Å². The lowest BCUT2D eigenvalue weighted by Gasteiger charge is -2.15. The number of hydrogen-bond donors (Lipinski definition) is 0. The minimum absolute atomic E-state index is 0.102. The SMILES string of the molecule is CCCCc1ccc(C#N)c(S[C@@H]2CC(=O)N(c3ccc(Br)cc3)C2=O)n1. The summed E-state index contributed by atoms with van der Waals surface area (Å²) in [5, 5.41) is 9.32. The van der Waals surface area contributed by atoms with Crippen molar-refractivity contribution in [3.8, 4) is 6.07 Å². The van der Waals surface area contributed by atoms with E-state index in [2.05, 4.69) is 33.9 Å². The molecular formula is C20H18BrN3O2S. The van der Waals surface area contributed by atoms with Crippen molar-refractivity contribution < 1.29 is 9.59 Å². The number of thioether (sulfide) groups is 1. The second-order valence-corrected chi connectivity index (χ2v) is 8.33. The molecule has 27 heavy (non-hydrogen) atoms. The summed E-state index contributed by atoms with van der Waals surface area (Å²) in [6.45, 7) is 2.11. The molecule has 0 spiro atoms. The minimum Gasteiger partial charge on any atom is -0.274 e. The molecule has 5 nitrogen and oxygen atoms in total. The van der Waals surface area contributed by atoms with E-state index in [-0.39, 0.29) is 18.2 Å². The highest BCUT2D eigenvalue weighted by Crippen LogP contribution is 2.35. The lowest BCUT2D eigenvalue weighted by atomic mass is 10.2. The first-order valence-corrected chi connectivity index (χ1v) is 10.4. The number of nitrogens with zero attached hydrogens (tertiary/aromatic N) is 3. The number of pyridine rings is 1. The number of rotatable bonds is 6. The van der Waals surface area contributed by atoms with Crippen LogP contribution in [0.15, 0.2) is 45.9 Å². The maximum atomic E-state index is 12.8. The van der Waals surface area contributed by atoms with Crippen molar-refractivity contribution in [2.75, 3.05) is 4.90 Å². The maximum absolute atomic E-state index is 12.8. The highest BCUT2D eigenvalue weighted by atomic mass is 79.9. The number of benzene rings is 1. The number of halogens is 1. The fourth-order valence-electron chi connectivity index (χ4n) is 2.84. The molecule has 0 bridgehead atoms. The zero-order chi connectivity index (χ0) is 19.4. The minimum atomic E-state index is -0.567. The Morgan fingerprint density at radius 1 is 1.26 bits per heavy atom. The zero-order valence-corrected chi connectivity index (χ0v) is 17.2. The van der Waals surface area contributed by atoms with Gasteiger partial charge in [0.2, 0.25) is 11.8 Å². The van der Waals surface area contributed by atoms with Gasteiger partial charge in [0.05, 0.1) is 16.5 Å². The quantitative estimate of drug-likeness (QED) is 0.615. The predicted molar refractivity (Wildman–Crippen MR) is 108 cm³/mol. The Bertz CT molecular complexity index is 908. The fraction of sp³-hybridized carbons (Fsp3) is 0.300. The third kappa shape index (κ3) is 4.40. The average molecular weight is 444 g/mol. The summed E-state index contributed by atoms with van der Waals surface area (Å²) in [6, 6.07) is 12.8. The van der Waals surface area contributed by atoms with E-state index in [0.29, 0.717) is 16.3 Å². The first kappa shape index (κ1) is 19.6. The van der Waals surface area contributed by atoms with Crippen LogP contribution in [0.3, 0.4) is 0 Å².